The highest BCUT2D eigenvalue weighted by atomic mass is 19.1. The van der Waals surface area contributed by atoms with Crippen molar-refractivity contribution in [3.63, 3.8) is 0 Å². The van der Waals surface area contributed by atoms with Crippen molar-refractivity contribution < 1.29 is 19.1 Å². The van der Waals surface area contributed by atoms with Gasteiger partial charge in [-0.15, -0.1) is 0 Å². The number of carbonyl (C=O) groups is 2. The Hall–Kier alpha value is -3.67. The predicted molar refractivity (Wildman–Crippen MR) is 137 cm³/mol. The molecule has 1 aliphatic rings. The Labute approximate surface area is 205 Å². The first-order valence-corrected chi connectivity index (χ1v) is 11.8. The summed E-state index contributed by atoms with van der Waals surface area (Å²) in [5.74, 6) is -1.36. The van der Waals surface area contributed by atoms with Gasteiger partial charge in [0.25, 0.3) is 0 Å². The topological polar surface area (TPSA) is 69.6 Å². The number of rotatable bonds is 5. The molecule has 35 heavy (non-hydrogen) atoms. The molecule has 3 aromatic carbocycles. The third-order valence-corrected chi connectivity index (χ3v) is 7.03. The zero-order chi connectivity index (χ0) is 25.4. The van der Waals surface area contributed by atoms with E-state index in [1.54, 1.807) is 29.2 Å². The number of amides is 2. The summed E-state index contributed by atoms with van der Waals surface area (Å²) in [6.07, 6.45) is 2.15. The highest BCUT2D eigenvalue weighted by molar-refractivity contribution is 6.02. The number of aromatic carboxylic acids is 1. The van der Waals surface area contributed by atoms with E-state index in [1.807, 2.05) is 6.07 Å². The minimum Gasteiger partial charge on any atom is -0.478 e. The number of carboxylic acid groups (broad SMARTS) is 1. The maximum absolute atomic E-state index is 13.5. The molecule has 0 saturated carbocycles. The molecule has 0 saturated heterocycles. The first kappa shape index (κ1) is 24.5. The van der Waals surface area contributed by atoms with Gasteiger partial charge in [0.1, 0.15) is 5.82 Å². The van der Waals surface area contributed by atoms with Gasteiger partial charge in [0.15, 0.2) is 0 Å². The first-order chi connectivity index (χ1) is 16.5. The average Bonchev–Trinajstić information content (AvgIpc) is 2.82. The second-order valence-corrected chi connectivity index (χ2v) is 10.5. The van der Waals surface area contributed by atoms with E-state index in [1.165, 1.54) is 35.4 Å². The molecule has 4 rings (SSSR count). The lowest BCUT2D eigenvalue weighted by Crippen LogP contribution is -2.37. The number of nitrogens with one attached hydrogen (secondary N) is 1. The number of anilines is 2. The van der Waals surface area contributed by atoms with Gasteiger partial charge < -0.3 is 10.4 Å². The van der Waals surface area contributed by atoms with Crippen molar-refractivity contribution >= 4 is 23.4 Å². The minimum atomic E-state index is -1.03. The van der Waals surface area contributed by atoms with Gasteiger partial charge in [0.2, 0.25) is 0 Å². The van der Waals surface area contributed by atoms with Crippen LogP contribution in [0.3, 0.4) is 0 Å². The maximum atomic E-state index is 13.5. The van der Waals surface area contributed by atoms with Crippen molar-refractivity contribution in [2.75, 3.05) is 10.2 Å². The number of halogens is 1. The first-order valence-electron chi connectivity index (χ1n) is 11.8. The summed E-state index contributed by atoms with van der Waals surface area (Å²) >= 11 is 0. The largest absolute Gasteiger partial charge is 0.478 e. The fraction of sp³-hybridized carbons (Fsp3) is 0.310. The molecule has 0 radical (unpaired) electrons. The predicted octanol–water partition coefficient (Wildman–Crippen LogP) is 7.11. The second kappa shape index (κ2) is 9.17. The average molecular weight is 475 g/mol. The van der Waals surface area contributed by atoms with Gasteiger partial charge in [-0.1, -0.05) is 45.9 Å². The quantitative estimate of drug-likeness (QED) is 0.414. The standard InChI is InChI=1S/C29H31FN2O3/c1-28(2)15-16-29(3,4)25-17-23(13-14-24(25)28)32(18-19-5-9-21(30)10-6-19)27(35)31-22-11-7-20(8-12-22)26(33)34/h5-14,17H,15-16,18H2,1-4H3,(H,31,35)(H,33,34). The third kappa shape index (κ3) is 5.21. The Balaban J connectivity index is 1.71. The fourth-order valence-corrected chi connectivity index (χ4v) is 4.68. The summed E-state index contributed by atoms with van der Waals surface area (Å²) in [4.78, 5) is 26.3. The SMILES string of the molecule is CC1(C)CCC(C)(C)c2cc(N(Cc3ccc(F)cc3)C(=O)Nc3ccc(C(=O)O)cc3)ccc21. The van der Waals surface area contributed by atoms with Gasteiger partial charge >= 0.3 is 12.0 Å². The summed E-state index contributed by atoms with van der Waals surface area (Å²) in [5.41, 5.74) is 4.73. The molecule has 0 unspecified atom stereocenters. The van der Waals surface area contributed by atoms with E-state index in [2.05, 4.69) is 45.1 Å². The minimum absolute atomic E-state index is 0.0223. The van der Waals surface area contributed by atoms with Crippen LogP contribution in [-0.2, 0) is 17.4 Å². The molecule has 3 aromatic rings. The molecule has 2 amide bonds. The van der Waals surface area contributed by atoms with E-state index in [0.717, 1.165) is 24.1 Å². The molecule has 2 N–H and O–H groups in total. The van der Waals surface area contributed by atoms with Crippen molar-refractivity contribution in [3.8, 4) is 0 Å². The molecule has 0 spiro atoms. The van der Waals surface area contributed by atoms with Gasteiger partial charge in [-0.3, -0.25) is 4.90 Å². The summed E-state index contributed by atoms with van der Waals surface area (Å²) in [7, 11) is 0. The van der Waals surface area contributed by atoms with Crippen LogP contribution in [0.15, 0.2) is 66.7 Å². The van der Waals surface area contributed by atoms with Crippen LogP contribution in [0.5, 0.6) is 0 Å². The summed E-state index contributed by atoms with van der Waals surface area (Å²) in [6, 6.07) is 18.0. The Bertz CT molecular complexity index is 1250. The van der Waals surface area contributed by atoms with E-state index < -0.39 is 5.97 Å². The number of nitrogens with zero attached hydrogens (tertiary/aromatic N) is 1. The van der Waals surface area contributed by atoms with Crippen molar-refractivity contribution in [1.29, 1.82) is 0 Å². The van der Waals surface area contributed by atoms with Gasteiger partial charge in [-0.25, -0.2) is 14.0 Å². The molecule has 0 fully saturated rings. The molecule has 0 atom stereocenters. The van der Waals surface area contributed by atoms with E-state index in [4.69, 9.17) is 5.11 Å². The Morgan fingerprint density at radius 1 is 0.886 bits per heavy atom. The van der Waals surface area contributed by atoms with Crippen LogP contribution in [0.25, 0.3) is 0 Å². The molecular weight excluding hydrogens is 443 g/mol. The van der Waals surface area contributed by atoms with Gasteiger partial charge in [0.05, 0.1) is 12.1 Å². The van der Waals surface area contributed by atoms with Crippen LogP contribution in [0.4, 0.5) is 20.6 Å². The molecule has 0 aromatic heterocycles. The molecule has 182 valence electrons. The van der Waals surface area contributed by atoms with E-state index >= 15 is 0 Å². The smallest absolute Gasteiger partial charge is 0.335 e. The Morgan fingerprint density at radius 2 is 1.49 bits per heavy atom. The van der Waals surface area contributed by atoms with Crippen molar-refractivity contribution in [3.05, 3.63) is 94.8 Å². The zero-order valence-electron chi connectivity index (χ0n) is 20.6. The molecule has 0 aliphatic heterocycles. The molecule has 0 bridgehead atoms. The summed E-state index contributed by atoms with van der Waals surface area (Å²) in [6.45, 7) is 9.23. The maximum Gasteiger partial charge on any atom is 0.335 e. The fourth-order valence-electron chi connectivity index (χ4n) is 4.68. The van der Waals surface area contributed by atoms with Crippen LogP contribution in [0, 0.1) is 5.82 Å². The van der Waals surface area contributed by atoms with Gasteiger partial charge in [-0.05, 0) is 88.9 Å². The lowest BCUT2D eigenvalue weighted by Gasteiger charge is -2.42. The number of carbonyl (C=O) groups excluding carboxylic acids is 1. The highest BCUT2D eigenvalue weighted by Gasteiger charge is 2.37. The third-order valence-electron chi connectivity index (χ3n) is 7.03. The lowest BCUT2D eigenvalue weighted by molar-refractivity contribution is 0.0697. The van der Waals surface area contributed by atoms with E-state index in [-0.39, 0.29) is 34.8 Å². The van der Waals surface area contributed by atoms with Crippen LogP contribution in [0.1, 0.15) is 67.6 Å². The van der Waals surface area contributed by atoms with Gasteiger partial charge in [0, 0.05) is 11.4 Å². The van der Waals surface area contributed by atoms with Crippen molar-refractivity contribution in [1.82, 2.24) is 0 Å². The highest BCUT2D eigenvalue weighted by Crippen LogP contribution is 2.46. The second-order valence-electron chi connectivity index (χ2n) is 10.5. The van der Waals surface area contributed by atoms with Crippen LogP contribution >= 0.6 is 0 Å². The summed E-state index contributed by atoms with van der Waals surface area (Å²) < 4.78 is 13.5. The van der Waals surface area contributed by atoms with Crippen LogP contribution in [-0.4, -0.2) is 17.1 Å². The molecule has 6 heteroatoms. The Morgan fingerprint density at radius 3 is 2.09 bits per heavy atom. The number of carboxylic acids is 1. The summed E-state index contributed by atoms with van der Waals surface area (Å²) in [5, 5.41) is 12.0. The molecule has 5 nitrogen and oxygen atoms in total. The van der Waals surface area contributed by atoms with Gasteiger partial charge in [-0.2, -0.15) is 0 Å². The van der Waals surface area contributed by atoms with Crippen LogP contribution < -0.4 is 10.2 Å². The number of benzene rings is 3. The monoisotopic (exact) mass is 474 g/mol. The number of hydrogen-bond donors (Lipinski definition) is 2. The molecule has 0 heterocycles. The zero-order valence-corrected chi connectivity index (χ0v) is 20.6. The lowest BCUT2D eigenvalue weighted by atomic mass is 9.63. The van der Waals surface area contributed by atoms with Crippen molar-refractivity contribution in [2.45, 2.75) is 57.9 Å². The molecular formula is C29H31FN2O3. The molecule has 1 aliphatic carbocycles. The van der Waals surface area contributed by atoms with E-state index in [0.29, 0.717) is 5.69 Å². The van der Waals surface area contributed by atoms with E-state index in [9.17, 15) is 14.0 Å². The number of hydrogen-bond acceptors (Lipinski definition) is 2. The normalized spacial score (nSPS) is 15.7. The Kier molecular flexibility index (Phi) is 6.41. The number of fused-ring (bicyclic) bond motifs is 1. The number of urea groups is 1. The van der Waals surface area contributed by atoms with Crippen LogP contribution in [0.2, 0.25) is 0 Å². The van der Waals surface area contributed by atoms with Crippen molar-refractivity contribution in [2.24, 2.45) is 0 Å².